The first-order valence-electron chi connectivity index (χ1n) is 10.1. The molecule has 2 saturated heterocycles. The van der Waals surface area contributed by atoms with Crippen molar-refractivity contribution in [3.8, 4) is 0 Å². The van der Waals surface area contributed by atoms with E-state index < -0.39 is 10.6 Å². The molecule has 3 aliphatic rings. The number of carbonyl (C=O) groups is 1. The number of carbonyl (C=O) groups excluding carboxylic acids is 1. The van der Waals surface area contributed by atoms with Crippen molar-refractivity contribution < 1.29 is 13.9 Å². The van der Waals surface area contributed by atoms with Crippen molar-refractivity contribution in [3.63, 3.8) is 0 Å². The predicted molar refractivity (Wildman–Crippen MR) is 118 cm³/mol. The Kier molecular flexibility index (Phi) is 7.15. The highest BCUT2D eigenvalue weighted by molar-refractivity contribution is 8.24. The molecular weight excluding hydrogens is 398 g/mol. The van der Waals surface area contributed by atoms with Crippen molar-refractivity contribution >= 4 is 34.6 Å². The van der Waals surface area contributed by atoms with Gasteiger partial charge in [0.05, 0.1) is 11.5 Å². The van der Waals surface area contributed by atoms with Gasteiger partial charge in [-0.1, -0.05) is 6.42 Å². The summed E-state index contributed by atoms with van der Waals surface area (Å²) >= 11 is 0. The monoisotopic (exact) mass is 429 g/mol. The summed E-state index contributed by atoms with van der Waals surface area (Å²) in [6.45, 7) is 5.07. The molecule has 1 aliphatic carbocycles. The van der Waals surface area contributed by atoms with Gasteiger partial charge in [-0.2, -0.15) is 10.6 Å². The fourth-order valence-electron chi connectivity index (χ4n) is 4.24. The quantitative estimate of drug-likeness (QED) is 0.770. The summed E-state index contributed by atoms with van der Waals surface area (Å²) in [5, 5.41) is 0. The number of benzene rings is 1. The van der Waals surface area contributed by atoms with Crippen LogP contribution in [-0.2, 0) is 0 Å². The summed E-state index contributed by atoms with van der Waals surface area (Å²) in [4.78, 5) is 19.7. The number of amides is 1. The fraction of sp³-hybridized carbons (Fsp3) is 0.650. The van der Waals surface area contributed by atoms with E-state index in [4.69, 9.17) is 0 Å². The van der Waals surface area contributed by atoms with Crippen LogP contribution in [0.3, 0.4) is 0 Å². The van der Waals surface area contributed by atoms with Gasteiger partial charge >= 0.3 is 0 Å². The number of halogens is 1. The Morgan fingerprint density at radius 3 is 2.18 bits per heavy atom. The number of anilines is 1. The summed E-state index contributed by atoms with van der Waals surface area (Å²) in [5.41, 5.74) is 1.80. The smallest absolute Gasteiger partial charge is 0.253 e. The van der Waals surface area contributed by atoms with Gasteiger partial charge in [-0.3, -0.25) is 18.8 Å². The molecule has 0 radical (unpaired) electrons. The molecule has 1 amide bonds. The molecule has 6 nitrogen and oxygen atoms in total. The van der Waals surface area contributed by atoms with E-state index in [9.17, 15) is 13.9 Å². The maximum Gasteiger partial charge on any atom is 0.253 e. The van der Waals surface area contributed by atoms with E-state index in [-0.39, 0.29) is 18.3 Å². The van der Waals surface area contributed by atoms with E-state index in [2.05, 4.69) is 9.80 Å². The van der Waals surface area contributed by atoms with Gasteiger partial charge in [0.1, 0.15) is 0 Å². The number of hydrogen-bond donors (Lipinski definition) is 2. The van der Waals surface area contributed by atoms with Crippen LogP contribution in [0.2, 0.25) is 0 Å². The Morgan fingerprint density at radius 2 is 1.57 bits per heavy atom. The van der Waals surface area contributed by atoms with Crippen LogP contribution < -0.4 is 4.90 Å². The van der Waals surface area contributed by atoms with E-state index in [0.717, 1.165) is 49.9 Å². The Labute approximate surface area is 175 Å². The van der Waals surface area contributed by atoms with Crippen LogP contribution in [0, 0.1) is 0 Å². The zero-order valence-electron chi connectivity index (χ0n) is 16.3. The van der Waals surface area contributed by atoms with E-state index >= 15 is 0 Å². The first-order chi connectivity index (χ1) is 13.0. The highest BCUT2D eigenvalue weighted by Crippen LogP contribution is 2.41. The number of nitrogens with zero attached hydrogens (tertiary/aromatic N) is 3. The van der Waals surface area contributed by atoms with E-state index in [0.29, 0.717) is 24.6 Å². The van der Waals surface area contributed by atoms with Crippen molar-refractivity contribution in [1.82, 2.24) is 9.80 Å². The molecular formula is C20H32ClN3O3S. The molecule has 0 spiro atoms. The van der Waals surface area contributed by atoms with Gasteiger partial charge in [-0.05, 0) is 43.5 Å². The van der Waals surface area contributed by atoms with Crippen LogP contribution in [0.25, 0.3) is 0 Å². The molecule has 0 aromatic heterocycles. The minimum atomic E-state index is -2.38. The molecule has 158 valence electrons. The van der Waals surface area contributed by atoms with Crippen LogP contribution in [0.5, 0.6) is 0 Å². The lowest BCUT2D eigenvalue weighted by Crippen LogP contribution is -2.42. The van der Waals surface area contributed by atoms with Crippen LogP contribution >= 0.6 is 23.0 Å². The van der Waals surface area contributed by atoms with Crippen LogP contribution in [0.1, 0.15) is 36.0 Å². The topological polar surface area (TPSA) is 67.2 Å². The molecule has 0 unspecified atom stereocenters. The molecule has 0 bridgehead atoms. The van der Waals surface area contributed by atoms with Crippen LogP contribution in [-0.4, -0.2) is 81.6 Å². The van der Waals surface area contributed by atoms with Crippen molar-refractivity contribution in [2.45, 2.75) is 31.7 Å². The standard InChI is InChI=1S/C20H31N3O3S.ClH/c24-20(23-10-2-9-21(11-12-23)18-3-1-4-18)17-5-7-19(8-6-17)22-13-15-27(25,26)16-14-22;/h5-8,18,25-26H,1-4,9-16H2;1H. The van der Waals surface area contributed by atoms with Crippen molar-refractivity contribution in [2.24, 2.45) is 0 Å². The summed E-state index contributed by atoms with van der Waals surface area (Å²) in [6.07, 6.45) is 5.05. The van der Waals surface area contributed by atoms with Gasteiger partial charge in [0.2, 0.25) is 0 Å². The zero-order valence-corrected chi connectivity index (χ0v) is 18.0. The van der Waals surface area contributed by atoms with Crippen molar-refractivity contribution in [3.05, 3.63) is 29.8 Å². The largest absolute Gasteiger partial charge is 0.368 e. The third kappa shape index (κ3) is 4.94. The lowest BCUT2D eigenvalue weighted by Gasteiger charge is -2.41. The lowest BCUT2D eigenvalue weighted by molar-refractivity contribution is 0.0749. The van der Waals surface area contributed by atoms with E-state index in [1.807, 2.05) is 29.2 Å². The van der Waals surface area contributed by atoms with Gasteiger partial charge in [-0.25, -0.2) is 0 Å². The number of hydrogen-bond acceptors (Lipinski definition) is 5. The van der Waals surface area contributed by atoms with Crippen molar-refractivity contribution in [2.75, 3.05) is 55.7 Å². The highest BCUT2D eigenvalue weighted by Gasteiger charge is 2.28. The van der Waals surface area contributed by atoms with E-state index in [1.54, 1.807) is 0 Å². The van der Waals surface area contributed by atoms with Gasteiger partial charge < -0.3 is 9.80 Å². The Morgan fingerprint density at radius 1 is 0.893 bits per heavy atom. The number of rotatable bonds is 3. The molecule has 1 aromatic rings. The average molecular weight is 430 g/mol. The molecule has 0 atom stereocenters. The molecule has 2 heterocycles. The zero-order chi connectivity index (χ0) is 18.9. The molecule has 8 heteroatoms. The third-order valence-corrected chi connectivity index (χ3v) is 7.94. The Balaban J connectivity index is 0.00000225. The molecule has 3 fully saturated rings. The second-order valence-corrected chi connectivity index (χ2v) is 10.4. The Bertz CT molecular complexity index is 659. The van der Waals surface area contributed by atoms with Gasteiger partial charge in [0.15, 0.2) is 0 Å². The SMILES string of the molecule is Cl.O=C(c1ccc(N2CCS(O)(O)CC2)cc1)N1CCCN(C2CCC2)CC1. The van der Waals surface area contributed by atoms with Crippen molar-refractivity contribution in [1.29, 1.82) is 0 Å². The normalized spacial score (nSPS) is 24.6. The summed E-state index contributed by atoms with van der Waals surface area (Å²) in [5.74, 6) is 0.989. The third-order valence-electron chi connectivity index (χ3n) is 6.26. The van der Waals surface area contributed by atoms with Gasteiger partial charge in [0, 0.05) is 56.6 Å². The summed E-state index contributed by atoms with van der Waals surface area (Å²) in [6, 6.07) is 8.56. The van der Waals surface area contributed by atoms with Crippen LogP contribution in [0.4, 0.5) is 5.69 Å². The highest BCUT2D eigenvalue weighted by atomic mass is 35.5. The molecule has 2 N–H and O–H groups in total. The minimum Gasteiger partial charge on any atom is -0.368 e. The molecule has 1 saturated carbocycles. The fourth-order valence-corrected chi connectivity index (χ4v) is 5.47. The van der Waals surface area contributed by atoms with Crippen LogP contribution in [0.15, 0.2) is 24.3 Å². The summed E-state index contributed by atoms with van der Waals surface area (Å²) in [7, 11) is -2.38. The van der Waals surface area contributed by atoms with Gasteiger partial charge in [0.25, 0.3) is 5.91 Å². The second kappa shape index (κ2) is 9.22. The maximum atomic E-state index is 12.9. The molecule has 28 heavy (non-hydrogen) atoms. The summed E-state index contributed by atoms with van der Waals surface area (Å²) < 4.78 is 19.5. The first-order valence-corrected chi connectivity index (χ1v) is 12.0. The maximum absolute atomic E-state index is 12.9. The predicted octanol–water partition coefficient (Wildman–Crippen LogP) is 3.38. The molecule has 2 aliphatic heterocycles. The average Bonchev–Trinajstić information content (AvgIpc) is 2.86. The molecule has 4 rings (SSSR count). The van der Waals surface area contributed by atoms with E-state index in [1.165, 1.54) is 19.3 Å². The molecule has 1 aromatic carbocycles. The Hall–Kier alpha value is -0.990. The minimum absolute atomic E-state index is 0. The lowest BCUT2D eigenvalue weighted by atomic mass is 9.91. The second-order valence-electron chi connectivity index (χ2n) is 8.01. The van der Waals surface area contributed by atoms with Gasteiger partial charge in [-0.15, -0.1) is 12.4 Å². The first kappa shape index (κ1) is 21.7.